The zero-order chi connectivity index (χ0) is 11.5. The molecule has 0 atom stereocenters. The van der Waals surface area contributed by atoms with Crippen molar-refractivity contribution in [2.75, 3.05) is 6.54 Å². The molecule has 0 unspecified atom stereocenters. The van der Waals surface area contributed by atoms with E-state index in [1.807, 2.05) is 38.1 Å². The average Bonchev–Trinajstić information content (AvgIpc) is 2.68. The number of aryl methyl sites for hydroxylation is 1. The molecule has 1 amide bonds. The van der Waals surface area contributed by atoms with Gasteiger partial charge in [0.2, 0.25) is 0 Å². The Morgan fingerprint density at radius 2 is 2.19 bits per heavy atom. The van der Waals surface area contributed by atoms with E-state index in [0.29, 0.717) is 12.2 Å². The molecule has 0 aliphatic carbocycles. The molecule has 0 bridgehead atoms. The first-order valence-electron chi connectivity index (χ1n) is 5.58. The van der Waals surface area contributed by atoms with Gasteiger partial charge in [-0.2, -0.15) is 0 Å². The van der Waals surface area contributed by atoms with Crippen LogP contribution >= 0.6 is 0 Å². The van der Waals surface area contributed by atoms with E-state index >= 15 is 0 Å². The summed E-state index contributed by atoms with van der Waals surface area (Å²) >= 11 is 0. The average molecular weight is 216 g/mol. The lowest BCUT2D eigenvalue weighted by Crippen LogP contribution is -2.24. The van der Waals surface area contributed by atoms with Crippen molar-refractivity contribution in [1.82, 2.24) is 10.3 Å². The first-order valence-corrected chi connectivity index (χ1v) is 5.58. The standard InChI is InChI=1S/C13H16N2O/c1-3-6-14-13(16)12-8-10-5-4-9(2)7-11(10)15-12/h4-5,7-8,15H,3,6H2,1-2H3,(H,14,16). The van der Waals surface area contributed by atoms with Crippen LogP contribution in [0.4, 0.5) is 0 Å². The zero-order valence-electron chi connectivity index (χ0n) is 9.63. The van der Waals surface area contributed by atoms with Crippen LogP contribution in [-0.4, -0.2) is 17.4 Å². The highest BCUT2D eigenvalue weighted by Gasteiger charge is 2.08. The minimum atomic E-state index is -0.0318. The largest absolute Gasteiger partial charge is 0.351 e. The number of nitrogens with one attached hydrogen (secondary N) is 2. The lowest BCUT2D eigenvalue weighted by molar-refractivity contribution is 0.0949. The quantitative estimate of drug-likeness (QED) is 0.813. The van der Waals surface area contributed by atoms with Crippen molar-refractivity contribution in [1.29, 1.82) is 0 Å². The van der Waals surface area contributed by atoms with Gasteiger partial charge >= 0.3 is 0 Å². The monoisotopic (exact) mass is 216 g/mol. The summed E-state index contributed by atoms with van der Waals surface area (Å²) in [7, 11) is 0. The van der Waals surface area contributed by atoms with E-state index in [-0.39, 0.29) is 5.91 Å². The highest BCUT2D eigenvalue weighted by molar-refractivity contribution is 5.98. The van der Waals surface area contributed by atoms with E-state index in [0.717, 1.165) is 17.3 Å². The van der Waals surface area contributed by atoms with E-state index in [4.69, 9.17) is 0 Å². The van der Waals surface area contributed by atoms with Gasteiger partial charge in [0.15, 0.2) is 0 Å². The van der Waals surface area contributed by atoms with Gasteiger partial charge in [-0.05, 0) is 31.0 Å². The number of amides is 1. The molecule has 16 heavy (non-hydrogen) atoms. The smallest absolute Gasteiger partial charge is 0.267 e. The molecule has 1 heterocycles. The van der Waals surface area contributed by atoms with Crippen molar-refractivity contribution in [3.63, 3.8) is 0 Å². The number of hydrogen-bond donors (Lipinski definition) is 2. The van der Waals surface area contributed by atoms with Gasteiger partial charge in [0.25, 0.3) is 5.91 Å². The number of rotatable bonds is 3. The lowest BCUT2D eigenvalue weighted by Gasteiger charge is -1.99. The predicted molar refractivity (Wildman–Crippen MR) is 65.7 cm³/mol. The molecule has 1 aromatic heterocycles. The molecule has 0 spiro atoms. The summed E-state index contributed by atoms with van der Waals surface area (Å²) in [5.41, 5.74) is 2.84. The molecular weight excluding hydrogens is 200 g/mol. The number of aromatic amines is 1. The number of carbonyl (C=O) groups excluding carboxylic acids is 1. The molecule has 2 rings (SSSR count). The fourth-order valence-electron chi connectivity index (χ4n) is 1.70. The summed E-state index contributed by atoms with van der Waals surface area (Å²) in [5.74, 6) is -0.0318. The molecule has 84 valence electrons. The van der Waals surface area contributed by atoms with E-state index in [1.54, 1.807) is 0 Å². The van der Waals surface area contributed by atoms with Crippen LogP contribution in [0.15, 0.2) is 24.3 Å². The zero-order valence-corrected chi connectivity index (χ0v) is 9.63. The maximum Gasteiger partial charge on any atom is 0.267 e. The van der Waals surface area contributed by atoms with Gasteiger partial charge < -0.3 is 10.3 Å². The lowest BCUT2D eigenvalue weighted by atomic mass is 10.2. The molecule has 0 aliphatic rings. The van der Waals surface area contributed by atoms with Gasteiger partial charge in [-0.15, -0.1) is 0 Å². The second kappa shape index (κ2) is 4.39. The van der Waals surface area contributed by atoms with Crippen LogP contribution in [0.3, 0.4) is 0 Å². The van der Waals surface area contributed by atoms with E-state index in [1.165, 1.54) is 5.56 Å². The summed E-state index contributed by atoms with van der Waals surface area (Å²) in [6, 6.07) is 8.01. The Balaban J connectivity index is 2.28. The topological polar surface area (TPSA) is 44.9 Å². The molecule has 0 radical (unpaired) electrons. The van der Waals surface area contributed by atoms with Crippen LogP contribution in [0.25, 0.3) is 10.9 Å². The Bertz CT molecular complexity index is 514. The Morgan fingerprint density at radius 1 is 1.38 bits per heavy atom. The predicted octanol–water partition coefficient (Wildman–Crippen LogP) is 2.62. The Hall–Kier alpha value is -1.77. The van der Waals surface area contributed by atoms with Gasteiger partial charge in [-0.3, -0.25) is 4.79 Å². The summed E-state index contributed by atoms with van der Waals surface area (Å²) < 4.78 is 0. The Morgan fingerprint density at radius 3 is 2.94 bits per heavy atom. The van der Waals surface area contributed by atoms with Crippen LogP contribution in [0.5, 0.6) is 0 Å². The molecule has 0 fully saturated rings. The van der Waals surface area contributed by atoms with E-state index in [2.05, 4.69) is 10.3 Å². The van der Waals surface area contributed by atoms with E-state index < -0.39 is 0 Å². The summed E-state index contributed by atoms with van der Waals surface area (Å²) in [6.07, 6.45) is 0.949. The Labute approximate surface area is 94.9 Å². The van der Waals surface area contributed by atoms with Crippen molar-refractivity contribution in [2.24, 2.45) is 0 Å². The number of benzene rings is 1. The van der Waals surface area contributed by atoms with E-state index in [9.17, 15) is 4.79 Å². The molecule has 0 saturated heterocycles. The number of carbonyl (C=O) groups is 1. The van der Waals surface area contributed by atoms with Crippen LogP contribution in [0.2, 0.25) is 0 Å². The molecule has 0 saturated carbocycles. The highest BCUT2D eigenvalue weighted by atomic mass is 16.1. The van der Waals surface area contributed by atoms with Crippen LogP contribution in [-0.2, 0) is 0 Å². The third kappa shape index (κ3) is 2.08. The summed E-state index contributed by atoms with van der Waals surface area (Å²) in [6.45, 7) is 4.79. The van der Waals surface area contributed by atoms with Crippen molar-refractivity contribution in [2.45, 2.75) is 20.3 Å². The molecule has 2 N–H and O–H groups in total. The summed E-state index contributed by atoms with van der Waals surface area (Å²) in [5, 5.41) is 3.93. The fraction of sp³-hybridized carbons (Fsp3) is 0.308. The van der Waals surface area contributed by atoms with Crippen LogP contribution in [0.1, 0.15) is 29.4 Å². The van der Waals surface area contributed by atoms with Crippen LogP contribution < -0.4 is 5.32 Å². The normalized spacial score (nSPS) is 10.6. The minimum absolute atomic E-state index is 0.0318. The van der Waals surface area contributed by atoms with Gasteiger partial charge in [0, 0.05) is 17.4 Å². The third-order valence-corrected chi connectivity index (χ3v) is 2.56. The summed E-state index contributed by atoms with van der Waals surface area (Å²) in [4.78, 5) is 14.8. The van der Waals surface area contributed by atoms with Crippen molar-refractivity contribution < 1.29 is 4.79 Å². The molecule has 1 aromatic carbocycles. The third-order valence-electron chi connectivity index (χ3n) is 2.56. The van der Waals surface area contributed by atoms with Gasteiger partial charge in [0.05, 0.1) is 0 Å². The number of aromatic nitrogens is 1. The number of hydrogen-bond acceptors (Lipinski definition) is 1. The Kier molecular flexibility index (Phi) is 2.95. The minimum Gasteiger partial charge on any atom is -0.351 e. The fourth-order valence-corrected chi connectivity index (χ4v) is 1.70. The van der Waals surface area contributed by atoms with Gasteiger partial charge in [-0.1, -0.05) is 19.1 Å². The molecule has 3 heteroatoms. The van der Waals surface area contributed by atoms with Gasteiger partial charge in [0.1, 0.15) is 5.69 Å². The SMILES string of the molecule is CCCNC(=O)c1cc2ccc(C)cc2[nH]1. The second-order valence-electron chi connectivity index (χ2n) is 4.03. The molecule has 3 nitrogen and oxygen atoms in total. The highest BCUT2D eigenvalue weighted by Crippen LogP contribution is 2.16. The van der Waals surface area contributed by atoms with Crippen LogP contribution in [0, 0.1) is 6.92 Å². The maximum atomic E-state index is 11.7. The van der Waals surface area contributed by atoms with Crippen molar-refractivity contribution >= 4 is 16.8 Å². The number of H-pyrrole nitrogens is 1. The first kappa shape index (κ1) is 10.7. The number of fused-ring (bicyclic) bond motifs is 1. The second-order valence-corrected chi connectivity index (χ2v) is 4.03. The molecule has 0 aliphatic heterocycles. The van der Waals surface area contributed by atoms with Crippen molar-refractivity contribution in [3.05, 3.63) is 35.5 Å². The first-order chi connectivity index (χ1) is 7.70. The van der Waals surface area contributed by atoms with Crippen molar-refractivity contribution in [3.8, 4) is 0 Å². The molecule has 2 aromatic rings. The maximum absolute atomic E-state index is 11.7. The van der Waals surface area contributed by atoms with Gasteiger partial charge in [-0.25, -0.2) is 0 Å². The molecular formula is C13H16N2O.